The van der Waals surface area contributed by atoms with Gasteiger partial charge in [0.05, 0.1) is 6.04 Å². The molecule has 1 amide bonds. The van der Waals surface area contributed by atoms with Gasteiger partial charge in [-0.3, -0.25) is 9.69 Å². The number of aromatic nitrogens is 3. The Labute approximate surface area is 136 Å². The van der Waals surface area contributed by atoms with Gasteiger partial charge in [0.1, 0.15) is 11.5 Å². The first-order valence-corrected chi connectivity index (χ1v) is 8.28. The number of likely N-dealkylation sites (N-methyl/N-ethyl adjacent to an activating group) is 1. The maximum Gasteiger partial charge on any atom is 0.270 e. The van der Waals surface area contributed by atoms with Gasteiger partial charge < -0.3 is 14.0 Å². The maximum absolute atomic E-state index is 13.0. The van der Waals surface area contributed by atoms with Gasteiger partial charge in [0.2, 0.25) is 0 Å². The van der Waals surface area contributed by atoms with Crippen molar-refractivity contribution in [1.82, 2.24) is 23.9 Å². The van der Waals surface area contributed by atoms with Crippen LogP contribution in [0.4, 0.5) is 0 Å². The fourth-order valence-electron chi connectivity index (χ4n) is 3.44. The summed E-state index contributed by atoms with van der Waals surface area (Å²) in [6.45, 7) is 2.33. The Balaban J connectivity index is 1.56. The molecule has 1 saturated carbocycles. The van der Waals surface area contributed by atoms with Crippen LogP contribution in [0.5, 0.6) is 0 Å². The highest BCUT2D eigenvalue weighted by molar-refractivity contribution is 5.93. The molecule has 2 aromatic heterocycles. The van der Waals surface area contributed by atoms with E-state index in [2.05, 4.69) is 21.5 Å². The van der Waals surface area contributed by atoms with Crippen LogP contribution in [0.25, 0.3) is 0 Å². The second-order valence-electron chi connectivity index (χ2n) is 6.68. The molecule has 4 rings (SSSR count). The number of carbonyl (C=O) groups is 1. The number of rotatable bonds is 3. The Kier molecular flexibility index (Phi) is 3.49. The fourth-order valence-corrected chi connectivity index (χ4v) is 3.44. The predicted molar refractivity (Wildman–Crippen MR) is 87.2 cm³/mol. The summed E-state index contributed by atoms with van der Waals surface area (Å²) in [5.41, 5.74) is 0.829. The quantitative estimate of drug-likeness (QED) is 0.866. The van der Waals surface area contributed by atoms with Crippen LogP contribution in [0.3, 0.4) is 0 Å². The van der Waals surface area contributed by atoms with Gasteiger partial charge >= 0.3 is 0 Å². The van der Waals surface area contributed by atoms with Crippen molar-refractivity contribution in [3.05, 3.63) is 42.2 Å². The molecule has 1 atom stereocenters. The molecule has 6 heteroatoms. The molecular formula is C17H23N5O. The molecule has 0 spiro atoms. The van der Waals surface area contributed by atoms with Crippen LogP contribution in [0, 0.1) is 0 Å². The second kappa shape index (κ2) is 5.53. The molecule has 6 nitrogen and oxygen atoms in total. The number of aryl methyl sites for hydroxylation is 1. The van der Waals surface area contributed by atoms with E-state index in [0.717, 1.165) is 24.6 Å². The van der Waals surface area contributed by atoms with E-state index in [-0.39, 0.29) is 11.9 Å². The van der Waals surface area contributed by atoms with E-state index < -0.39 is 0 Å². The number of amides is 1. The van der Waals surface area contributed by atoms with E-state index in [0.29, 0.717) is 12.6 Å². The van der Waals surface area contributed by atoms with Gasteiger partial charge in [-0.25, -0.2) is 4.98 Å². The first-order chi connectivity index (χ1) is 11.1. The van der Waals surface area contributed by atoms with E-state index in [9.17, 15) is 4.79 Å². The smallest absolute Gasteiger partial charge is 0.270 e. The molecule has 2 aliphatic rings. The first kappa shape index (κ1) is 14.5. The third-order valence-corrected chi connectivity index (χ3v) is 5.03. The summed E-state index contributed by atoms with van der Waals surface area (Å²) >= 11 is 0. The topological polar surface area (TPSA) is 46.3 Å². The standard InChI is InChI=1S/C17H23N5O/c1-19-10-11-21(12-15(19)16-18-7-9-20(16)2)17(23)14-4-3-8-22(14)13-5-6-13/h3-4,7-9,13,15H,5-6,10-12H2,1-2H3/t15-/m1/s1. The fraction of sp³-hybridized carbons (Fsp3) is 0.529. The molecule has 1 saturated heterocycles. The van der Waals surface area contributed by atoms with Crippen molar-refractivity contribution in [3.63, 3.8) is 0 Å². The zero-order valence-corrected chi connectivity index (χ0v) is 13.7. The van der Waals surface area contributed by atoms with Gasteiger partial charge in [-0.2, -0.15) is 0 Å². The van der Waals surface area contributed by atoms with Gasteiger partial charge in [0.25, 0.3) is 5.91 Å². The minimum atomic E-state index is 0.147. The third-order valence-electron chi connectivity index (χ3n) is 5.03. The van der Waals surface area contributed by atoms with Crippen molar-refractivity contribution in [2.24, 2.45) is 7.05 Å². The van der Waals surface area contributed by atoms with E-state index in [1.54, 1.807) is 0 Å². The molecule has 1 aliphatic carbocycles. The molecule has 122 valence electrons. The molecule has 2 fully saturated rings. The van der Waals surface area contributed by atoms with Crippen LogP contribution < -0.4 is 0 Å². The number of hydrogen-bond donors (Lipinski definition) is 0. The van der Waals surface area contributed by atoms with Crippen LogP contribution in [0.2, 0.25) is 0 Å². The predicted octanol–water partition coefficient (Wildman–Crippen LogP) is 1.69. The summed E-state index contributed by atoms with van der Waals surface area (Å²) in [7, 11) is 4.11. The summed E-state index contributed by atoms with van der Waals surface area (Å²) in [6.07, 6.45) is 8.20. The molecule has 0 aromatic carbocycles. The van der Waals surface area contributed by atoms with E-state index >= 15 is 0 Å². The molecular weight excluding hydrogens is 290 g/mol. The molecule has 1 aliphatic heterocycles. The minimum Gasteiger partial charge on any atom is -0.340 e. The highest BCUT2D eigenvalue weighted by Gasteiger charge is 2.33. The van der Waals surface area contributed by atoms with Crippen LogP contribution in [0.1, 0.15) is 41.2 Å². The Morgan fingerprint density at radius 1 is 1.22 bits per heavy atom. The zero-order chi connectivity index (χ0) is 16.0. The molecule has 0 radical (unpaired) electrons. The van der Waals surface area contributed by atoms with Gasteiger partial charge in [0, 0.05) is 51.3 Å². The van der Waals surface area contributed by atoms with Gasteiger partial charge in [-0.1, -0.05) is 0 Å². The Morgan fingerprint density at radius 2 is 2.04 bits per heavy atom. The number of piperazine rings is 1. The van der Waals surface area contributed by atoms with Crippen molar-refractivity contribution in [2.75, 3.05) is 26.7 Å². The molecule has 2 aromatic rings. The molecule has 23 heavy (non-hydrogen) atoms. The van der Waals surface area contributed by atoms with Crippen molar-refractivity contribution in [2.45, 2.75) is 24.9 Å². The first-order valence-electron chi connectivity index (χ1n) is 8.28. The highest BCUT2D eigenvalue weighted by Crippen LogP contribution is 2.36. The highest BCUT2D eigenvalue weighted by atomic mass is 16.2. The van der Waals surface area contributed by atoms with Crippen molar-refractivity contribution >= 4 is 5.91 Å². The molecule has 0 N–H and O–H groups in total. The van der Waals surface area contributed by atoms with E-state index in [1.807, 2.05) is 47.2 Å². The normalized spacial score (nSPS) is 22.5. The lowest BCUT2D eigenvalue weighted by Crippen LogP contribution is -2.49. The van der Waals surface area contributed by atoms with Crippen LogP contribution >= 0.6 is 0 Å². The lowest BCUT2D eigenvalue weighted by molar-refractivity contribution is 0.0519. The van der Waals surface area contributed by atoms with Gasteiger partial charge in [-0.15, -0.1) is 0 Å². The zero-order valence-electron chi connectivity index (χ0n) is 13.7. The van der Waals surface area contributed by atoms with Crippen LogP contribution in [0.15, 0.2) is 30.7 Å². The van der Waals surface area contributed by atoms with Gasteiger partial charge in [-0.05, 0) is 32.0 Å². The lowest BCUT2D eigenvalue weighted by atomic mass is 10.1. The van der Waals surface area contributed by atoms with E-state index in [4.69, 9.17) is 0 Å². The Bertz CT molecular complexity index is 714. The lowest BCUT2D eigenvalue weighted by Gasteiger charge is -2.39. The minimum absolute atomic E-state index is 0.147. The number of hydrogen-bond acceptors (Lipinski definition) is 3. The average Bonchev–Trinajstić information content (AvgIpc) is 3.12. The van der Waals surface area contributed by atoms with Crippen LogP contribution in [-0.4, -0.2) is 56.5 Å². The summed E-state index contributed by atoms with van der Waals surface area (Å²) in [4.78, 5) is 21.7. The number of carbonyl (C=O) groups excluding carboxylic acids is 1. The van der Waals surface area contributed by atoms with Crippen LogP contribution in [-0.2, 0) is 7.05 Å². The number of nitrogens with zero attached hydrogens (tertiary/aromatic N) is 5. The molecule has 0 bridgehead atoms. The summed E-state index contributed by atoms with van der Waals surface area (Å²) in [6, 6.07) is 4.62. The number of imidazole rings is 1. The Morgan fingerprint density at radius 3 is 2.74 bits per heavy atom. The van der Waals surface area contributed by atoms with E-state index in [1.165, 1.54) is 12.8 Å². The van der Waals surface area contributed by atoms with Crippen molar-refractivity contribution < 1.29 is 4.79 Å². The van der Waals surface area contributed by atoms with Crippen molar-refractivity contribution in [3.8, 4) is 0 Å². The third kappa shape index (κ3) is 2.57. The summed E-state index contributed by atoms with van der Waals surface area (Å²) < 4.78 is 4.19. The van der Waals surface area contributed by atoms with Crippen molar-refractivity contribution in [1.29, 1.82) is 0 Å². The summed E-state index contributed by atoms with van der Waals surface area (Å²) in [5, 5.41) is 0. The second-order valence-corrected chi connectivity index (χ2v) is 6.68. The maximum atomic E-state index is 13.0. The average molecular weight is 313 g/mol. The molecule has 0 unspecified atom stereocenters. The largest absolute Gasteiger partial charge is 0.340 e. The monoisotopic (exact) mass is 313 g/mol. The SMILES string of the molecule is CN1CCN(C(=O)c2cccn2C2CC2)C[C@@H]1c1nccn1C. The Hall–Kier alpha value is -2.08. The van der Waals surface area contributed by atoms with Gasteiger partial charge in [0.15, 0.2) is 0 Å². The molecule has 3 heterocycles. The summed E-state index contributed by atoms with van der Waals surface area (Å²) in [5.74, 6) is 1.16.